The van der Waals surface area contributed by atoms with E-state index in [1.807, 2.05) is 33.9 Å². The second kappa shape index (κ2) is 8.66. The highest BCUT2D eigenvalue weighted by atomic mass is 16.2. The van der Waals surface area contributed by atoms with Gasteiger partial charge < -0.3 is 14.7 Å². The Labute approximate surface area is 180 Å². The minimum Gasteiger partial charge on any atom is -0.354 e. The first-order valence-corrected chi connectivity index (χ1v) is 10.7. The van der Waals surface area contributed by atoms with Crippen molar-refractivity contribution in [1.82, 2.24) is 34.6 Å². The van der Waals surface area contributed by atoms with Crippen LogP contribution in [0.2, 0.25) is 0 Å². The van der Waals surface area contributed by atoms with E-state index in [1.165, 1.54) is 0 Å². The van der Waals surface area contributed by atoms with Gasteiger partial charge in [0.1, 0.15) is 6.33 Å². The molecule has 10 heteroatoms. The van der Waals surface area contributed by atoms with Gasteiger partial charge in [-0.2, -0.15) is 0 Å². The van der Waals surface area contributed by atoms with E-state index < -0.39 is 0 Å². The zero-order chi connectivity index (χ0) is 21.0. The molecule has 160 valence electrons. The molecule has 5 rings (SSSR count). The van der Waals surface area contributed by atoms with Gasteiger partial charge in [-0.05, 0) is 31.0 Å². The van der Waals surface area contributed by atoms with Crippen molar-refractivity contribution in [3.63, 3.8) is 0 Å². The summed E-state index contributed by atoms with van der Waals surface area (Å²) in [7, 11) is 0. The van der Waals surface area contributed by atoms with Gasteiger partial charge in [-0.25, -0.2) is 15.0 Å². The summed E-state index contributed by atoms with van der Waals surface area (Å²) < 4.78 is 1.82. The second-order valence-corrected chi connectivity index (χ2v) is 7.87. The van der Waals surface area contributed by atoms with Crippen LogP contribution in [0, 0.1) is 5.92 Å². The van der Waals surface area contributed by atoms with E-state index in [2.05, 4.69) is 34.9 Å². The summed E-state index contributed by atoms with van der Waals surface area (Å²) in [5.41, 5.74) is 0. The van der Waals surface area contributed by atoms with E-state index in [9.17, 15) is 4.79 Å². The maximum atomic E-state index is 13.2. The van der Waals surface area contributed by atoms with E-state index in [1.54, 1.807) is 24.9 Å². The van der Waals surface area contributed by atoms with Crippen molar-refractivity contribution in [1.29, 1.82) is 0 Å². The van der Waals surface area contributed by atoms with Crippen LogP contribution in [0.3, 0.4) is 0 Å². The Morgan fingerprint density at radius 2 is 1.68 bits per heavy atom. The molecule has 10 nitrogen and oxygen atoms in total. The van der Waals surface area contributed by atoms with Crippen LogP contribution in [0.15, 0.2) is 49.3 Å². The standard InChI is InChI=1S/C21H25N9O/c31-20(27-11-13-28(14-12-27)21-23-6-2-7-24-21)17-3-1-9-29(15-17)18-4-5-19(26-25-18)30-10-8-22-16-30/h2,4-8,10,16-17H,1,3,9,11-15H2. The summed E-state index contributed by atoms with van der Waals surface area (Å²) in [6.07, 6.45) is 10.6. The number of piperazine rings is 1. The average molecular weight is 419 g/mol. The molecule has 0 aromatic carbocycles. The number of hydrogen-bond acceptors (Lipinski definition) is 8. The van der Waals surface area contributed by atoms with Gasteiger partial charge in [-0.15, -0.1) is 10.2 Å². The van der Waals surface area contributed by atoms with Crippen molar-refractivity contribution in [3.8, 4) is 5.82 Å². The molecule has 2 aliphatic heterocycles. The first kappa shape index (κ1) is 19.4. The van der Waals surface area contributed by atoms with E-state index in [0.717, 1.165) is 50.1 Å². The maximum absolute atomic E-state index is 13.2. The molecule has 0 radical (unpaired) electrons. The van der Waals surface area contributed by atoms with E-state index in [0.29, 0.717) is 19.6 Å². The first-order valence-electron chi connectivity index (χ1n) is 10.7. The third-order valence-corrected chi connectivity index (χ3v) is 5.93. The Morgan fingerprint density at radius 1 is 0.903 bits per heavy atom. The lowest BCUT2D eigenvalue weighted by Crippen LogP contribution is -2.53. The molecule has 0 N–H and O–H groups in total. The molecular weight excluding hydrogens is 394 g/mol. The highest BCUT2D eigenvalue weighted by Crippen LogP contribution is 2.24. The summed E-state index contributed by atoms with van der Waals surface area (Å²) in [6, 6.07) is 5.71. The second-order valence-electron chi connectivity index (χ2n) is 7.87. The van der Waals surface area contributed by atoms with Crippen molar-refractivity contribution >= 4 is 17.7 Å². The van der Waals surface area contributed by atoms with Crippen molar-refractivity contribution in [3.05, 3.63) is 49.3 Å². The number of rotatable bonds is 4. The van der Waals surface area contributed by atoms with Crippen molar-refractivity contribution in [2.24, 2.45) is 5.92 Å². The number of imidazole rings is 1. The van der Waals surface area contributed by atoms with Gasteiger partial charge in [0, 0.05) is 64.1 Å². The molecule has 2 saturated heterocycles. The van der Waals surface area contributed by atoms with Crippen LogP contribution in [0.4, 0.5) is 11.8 Å². The van der Waals surface area contributed by atoms with Crippen LogP contribution in [-0.4, -0.2) is 79.8 Å². The highest BCUT2D eigenvalue weighted by molar-refractivity contribution is 5.80. The number of nitrogens with zero attached hydrogens (tertiary/aromatic N) is 9. The topological polar surface area (TPSA) is 96.2 Å². The largest absolute Gasteiger partial charge is 0.354 e. The SMILES string of the molecule is O=C(C1CCCN(c2ccc(-n3ccnc3)nn2)C1)N1CCN(c2ncccn2)CC1. The van der Waals surface area contributed by atoms with Gasteiger partial charge >= 0.3 is 0 Å². The summed E-state index contributed by atoms with van der Waals surface area (Å²) in [6.45, 7) is 4.49. The van der Waals surface area contributed by atoms with Crippen molar-refractivity contribution in [2.45, 2.75) is 12.8 Å². The molecule has 1 atom stereocenters. The van der Waals surface area contributed by atoms with Crippen LogP contribution >= 0.6 is 0 Å². The summed E-state index contributed by atoms with van der Waals surface area (Å²) in [5, 5.41) is 8.70. The van der Waals surface area contributed by atoms with E-state index >= 15 is 0 Å². The number of piperidine rings is 1. The van der Waals surface area contributed by atoms with Crippen LogP contribution < -0.4 is 9.80 Å². The lowest BCUT2D eigenvalue weighted by atomic mass is 9.96. The normalized spacial score (nSPS) is 19.5. The fourth-order valence-electron chi connectivity index (χ4n) is 4.25. The molecule has 1 unspecified atom stereocenters. The fraction of sp³-hybridized carbons (Fsp3) is 0.429. The Hall–Kier alpha value is -3.56. The summed E-state index contributed by atoms with van der Waals surface area (Å²) in [4.78, 5) is 32.1. The lowest BCUT2D eigenvalue weighted by Gasteiger charge is -2.39. The highest BCUT2D eigenvalue weighted by Gasteiger charge is 2.32. The van der Waals surface area contributed by atoms with Gasteiger partial charge in [-0.3, -0.25) is 9.36 Å². The molecule has 0 saturated carbocycles. The predicted molar refractivity (Wildman–Crippen MR) is 115 cm³/mol. The Morgan fingerprint density at radius 3 is 2.39 bits per heavy atom. The quantitative estimate of drug-likeness (QED) is 0.618. The van der Waals surface area contributed by atoms with Crippen LogP contribution in [0.1, 0.15) is 12.8 Å². The molecule has 31 heavy (non-hydrogen) atoms. The van der Waals surface area contributed by atoms with Gasteiger partial charge in [0.15, 0.2) is 11.6 Å². The molecule has 2 aliphatic rings. The molecule has 3 aromatic rings. The minimum absolute atomic E-state index is 0.0107. The van der Waals surface area contributed by atoms with Gasteiger partial charge in [0.2, 0.25) is 11.9 Å². The van der Waals surface area contributed by atoms with E-state index in [4.69, 9.17) is 0 Å². The monoisotopic (exact) mass is 419 g/mol. The van der Waals surface area contributed by atoms with Crippen LogP contribution in [-0.2, 0) is 4.79 Å². The van der Waals surface area contributed by atoms with Gasteiger partial charge in [0.25, 0.3) is 0 Å². The molecule has 1 amide bonds. The summed E-state index contributed by atoms with van der Waals surface area (Å²) >= 11 is 0. The number of carbonyl (C=O) groups excluding carboxylic acids is 1. The van der Waals surface area contributed by atoms with Crippen molar-refractivity contribution in [2.75, 3.05) is 49.1 Å². The zero-order valence-electron chi connectivity index (χ0n) is 17.3. The summed E-state index contributed by atoms with van der Waals surface area (Å²) in [5.74, 6) is 2.50. The molecule has 5 heterocycles. The van der Waals surface area contributed by atoms with Gasteiger partial charge in [-0.1, -0.05) is 0 Å². The number of amides is 1. The van der Waals surface area contributed by atoms with Gasteiger partial charge in [0.05, 0.1) is 5.92 Å². The molecule has 2 fully saturated rings. The third-order valence-electron chi connectivity index (χ3n) is 5.93. The first-order chi connectivity index (χ1) is 15.3. The minimum atomic E-state index is -0.0107. The Balaban J connectivity index is 1.19. The molecule has 0 spiro atoms. The van der Waals surface area contributed by atoms with Crippen LogP contribution in [0.25, 0.3) is 5.82 Å². The third kappa shape index (κ3) is 4.18. The number of hydrogen-bond donors (Lipinski definition) is 0. The number of anilines is 2. The zero-order valence-corrected chi connectivity index (χ0v) is 17.3. The Bertz CT molecular complexity index is 985. The number of carbonyl (C=O) groups is 1. The maximum Gasteiger partial charge on any atom is 0.227 e. The average Bonchev–Trinajstić information content (AvgIpc) is 3.40. The van der Waals surface area contributed by atoms with Crippen LogP contribution in [0.5, 0.6) is 0 Å². The predicted octanol–water partition coefficient (Wildman–Crippen LogP) is 1.02. The molecule has 0 aliphatic carbocycles. The Kier molecular flexibility index (Phi) is 5.42. The smallest absolute Gasteiger partial charge is 0.227 e. The molecule has 0 bridgehead atoms. The molecular formula is C21H25N9O. The van der Waals surface area contributed by atoms with Crippen molar-refractivity contribution < 1.29 is 4.79 Å². The lowest BCUT2D eigenvalue weighted by molar-refractivity contribution is -0.136. The number of aromatic nitrogens is 6. The van der Waals surface area contributed by atoms with E-state index in [-0.39, 0.29) is 11.8 Å². The molecule has 3 aromatic heterocycles. The fourth-order valence-corrected chi connectivity index (χ4v) is 4.25.